The molecular formula is C24H19ClN2O6. The van der Waals surface area contributed by atoms with Crippen molar-refractivity contribution >= 4 is 46.3 Å². The van der Waals surface area contributed by atoms with Crippen LogP contribution in [0.1, 0.15) is 24.3 Å². The van der Waals surface area contributed by atoms with E-state index in [1.54, 1.807) is 36.4 Å². The molecule has 168 valence electrons. The molecule has 1 fully saturated rings. The summed E-state index contributed by atoms with van der Waals surface area (Å²) < 4.78 is 10.7. The number of halogens is 1. The van der Waals surface area contributed by atoms with Gasteiger partial charge in [0.2, 0.25) is 5.91 Å². The Morgan fingerprint density at radius 3 is 2.61 bits per heavy atom. The van der Waals surface area contributed by atoms with E-state index in [1.807, 2.05) is 0 Å². The minimum atomic E-state index is -1.03. The van der Waals surface area contributed by atoms with Gasteiger partial charge in [-0.3, -0.25) is 19.3 Å². The molecule has 1 aromatic heterocycles. The highest BCUT2D eigenvalue weighted by atomic mass is 35.5. The van der Waals surface area contributed by atoms with E-state index in [0.29, 0.717) is 22.1 Å². The maximum Gasteiger partial charge on any atom is 0.300 e. The fourth-order valence-corrected chi connectivity index (χ4v) is 3.91. The second kappa shape index (κ2) is 8.84. The quantitative estimate of drug-likeness (QED) is 0.325. The molecule has 0 radical (unpaired) electrons. The average molecular weight is 467 g/mol. The van der Waals surface area contributed by atoms with E-state index in [-0.39, 0.29) is 22.8 Å². The van der Waals surface area contributed by atoms with Crippen LogP contribution in [0, 0.1) is 0 Å². The van der Waals surface area contributed by atoms with E-state index in [1.165, 1.54) is 43.4 Å². The molecule has 33 heavy (non-hydrogen) atoms. The Balaban J connectivity index is 1.89. The Morgan fingerprint density at radius 2 is 1.94 bits per heavy atom. The second-order valence-corrected chi connectivity index (χ2v) is 7.67. The fourth-order valence-electron chi connectivity index (χ4n) is 3.71. The SMILES string of the molecule is COc1cc(/C(O)=C2/C(=O)C(=O)N(c3cccc(NC(C)=O)c3)C2c2ccco2)ccc1Cl. The molecule has 2 aromatic carbocycles. The van der Waals surface area contributed by atoms with Gasteiger partial charge < -0.3 is 19.6 Å². The standard InChI is InChI=1S/C24H19ClN2O6/c1-13(28)26-15-5-3-6-16(12-15)27-21(18-7-4-10-33-18)20(23(30)24(27)31)22(29)14-8-9-17(25)19(11-14)32-2/h3-12,21,29H,1-2H3,(H,26,28)/b22-20-. The number of nitrogens with zero attached hydrogens (tertiary/aromatic N) is 1. The molecule has 4 rings (SSSR count). The van der Waals surface area contributed by atoms with Gasteiger partial charge in [-0.1, -0.05) is 17.7 Å². The topological polar surface area (TPSA) is 109 Å². The molecule has 2 N–H and O–H groups in total. The number of amides is 2. The highest BCUT2D eigenvalue weighted by Gasteiger charge is 2.48. The van der Waals surface area contributed by atoms with Crippen LogP contribution in [0.3, 0.4) is 0 Å². The van der Waals surface area contributed by atoms with E-state index >= 15 is 0 Å². The van der Waals surface area contributed by atoms with Crippen molar-refractivity contribution in [2.24, 2.45) is 0 Å². The highest BCUT2D eigenvalue weighted by Crippen LogP contribution is 2.43. The Kier molecular flexibility index (Phi) is 5.93. The zero-order valence-corrected chi connectivity index (χ0v) is 18.4. The summed E-state index contributed by atoms with van der Waals surface area (Å²) in [4.78, 5) is 38.9. The summed E-state index contributed by atoms with van der Waals surface area (Å²) in [5, 5.41) is 14.1. The van der Waals surface area contributed by atoms with Crippen LogP contribution >= 0.6 is 11.6 Å². The van der Waals surface area contributed by atoms with Crippen molar-refractivity contribution in [2.75, 3.05) is 17.3 Å². The van der Waals surface area contributed by atoms with Gasteiger partial charge >= 0.3 is 0 Å². The summed E-state index contributed by atoms with van der Waals surface area (Å²) in [6.45, 7) is 1.36. The molecule has 0 spiro atoms. The van der Waals surface area contributed by atoms with Crippen molar-refractivity contribution in [3.63, 3.8) is 0 Å². The van der Waals surface area contributed by atoms with Crippen LogP contribution in [-0.2, 0) is 14.4 Å². The normalized spacial score (nSPS) is 17.3. The number of carbonyl (C=O) groups excluding carboxylic acids is 3. The van der Waals surface area contributed by atoms with Crippen LogP contribution in [0.5, 0.6) is 5.75 Å². The van der Waals surface area contributed by atoms with Crippen molar-refractivity contribution in [2.45, 2.75) is 13.0 Å². The van der Waals surface area contributed by atoms with Crippen LogP contribution in [0.15, 0.2) is 70.9 Å². The lowest BCUT2D eigenvalue weighted by molar-refractivity contribution is -0.132. The highest BCUT2D eigenvalue weighted by molar-refractivity contribution is 6.51. The average Bonchev–Trinajstić information content (AvgIpc) is 3.40. The molecule has 2 heterocycles. The lowest BCUT2D eigenvalue weighted by Gasteiger charge is -2.24. The zero-order chi connectivity index (χ0) is 23.7. The fraction of sp³-hybridized carbons (Fsp3) is 0.125. The van der Waals surface area contributed by atoms with E-state index < -0.39 is 23.5 Å². The molecule has 0 saturated carbocycles. The predicted molar refractivity (Wildman–Crippen MR) is 122 cm³/mol. The first-order valence-corrected chi connectivity index (χ1v) is 10.3. The van der Waals surface area contributed by atoms with Crippen molar-refractivity contribution in [1.82, 2.24) is 0 Å². The van der Waals surface area contributed by atoms with Crippen LogP contribution in [0.2, 0.25) is 5.02 Å². The predicted octanol–water partition coefficient (Wildman–Crippen LogP) is 4.53. The summed E-state index contributed by atoms with van der Waals surface area (Å²) in [5.74, 6) is -1.83. The number of ketones is 1. The number of aliphatic hydroxyl groups excluding tert-OH is 1. The summed E-state index contributed by atoms with van der Waals surface area (Å²) in [6.07, 6.45) is 1.41. The zero-order valence-electron chi connectivity index (χ0n) is 17.7. The number of nitrogens with one attached hydrogen (secondary N) is 1. The Labute approximate surface area is 194 Å². The third kappa shape index (κ3) is 4.08. The molecule has 0 aliphatic carbocycles. The van der Waals surface area contributed by atoms with Gasteiger partial charge in [0.05, 0.1) is 24.0 Å². The maximum atomic E-state index is 13.1. The van der Waals surface area contributed by atoms with Gasteiger partial charge in [-0.25, -0.2) is 0 Å². The molecule has 0 bridgehead atoms. The van der Waals surface area contributed by atoms with E-state index in [0.717, 1.165) is 0 Å². The smallest absolute Gasteiger partial charge is 0.300 e. The van der Waals surface area contributed by atoms with E-state index in [2.05, 4.69) is 5.32 Å². The van der Waals surface area contributed by atoms with Crippen LogP contribution in [0.25, 0.3) is 5.76 Å². The molecule has 1 saturated heterocycles. The number of rotatable bonds is 5. The van der Waals surface area contributed by atoms with E-state index in [9.17, 15) is 19.5 Å². The Hall–Kier alpha value is -4.04. The van der Waals surface area contributed by atoms with Gasteiger partial charge in [-0.05, 0) is 48.5 Å². The third-order valence-corrected chi connectivity index (χ3v) is 5.44. The number of benzene rings is 2. The number of ether oxygens (including phenoxy) is 1. The minimum absolute atomic E-state index is 0.149. The number of hydrogen-bond donors (Lipinski definition) is 2. The Bertz CT molecular complexity index is 1280. The molecular weight excluding hydrogens is 448 g/mol. The number of carbonyl (C=O) groups is 3. The van der Waals surface area contributed by atoms with Gasteiger partial charge in [-0.2, -0.15) is 0 Å². The number of methoxy groups -OCH3 is 1. The lowest BCUT2D eigenvalue weighted by Crippen LogP contribution is -2.29. The van der Waals surface area contributed by atoms with Gasteiger partial charge in [0, 0.05) is 23.9 Å². The molecule has 9 heteroatoms. The molecule has 1 unspecified atom stereocenters. The number of aliphatic hydroxyl groups is 1. The number of furan rings is 1. The second-order valence-electron chi connectivity index (χ2n) is 7.27. The lowest BCUT2D eigenvalue weighted by atomic mass is 9.99. The maximum absolute atomic E-state index is 13.1. The third-order valence-electron chi connectivity index (χ3n) is 5.13. The van der Waals surface area contributed by atoms with Crippen molar-refractivity contribution < 1.29 is 28.6 Å². The van der Waals surface area contributed by atoms with Crippen molar-refractivity contribution in [3.8, 4) is 5.75 Å². The number of anilines is 2. The van der Waals surface area contributed by atoms with Gasteiger partial charge in [0.15, 0.2) is 0 Å². The summed E-state index contributed by atoms with van der Waals surface area (Å²) >= 11 is 6.08. The van der Waals surface area contributed by atoms with Crippen LogP contribution in [-0.4, -0.2) is 29.8 Å². The van der Waals surface area contributed by atoms with Crippen LogP contribution < -0.4 is 15.0 Å². The van der Waals surface area contributed by atoms with Crippen LogP contribution in [0.4, 0.5) is 11.4 Å². The summed E-state index contributed by atoms with van der Waals surface area (Å²) in [6, 6.07) is 13.2. The summed E-state index contributed by atoms with van der Waals surface area (Å²) in [7, 11) is 1.43. The first-order valence-electron chi connectivity index (χ1n) is 9.87. The number of hydrogen-bond acceptors (Lipinski definition) is 6. The number of Topliss-reactive ketones (excluding diaryl/α,β-unsaturated/α-hetero) is 1. The molecule has 3 aromatic rings. The summed E-state index contributed by atoms with van der Waals surface area (Å²) in [5.41, 5.74) is 0.891. The molecule has 1 aliphatic heterocycles. The first-order chi connectivity index (χ1) is 15.8. The molecule has 1 aliphatic rings. The monoisotopic (exact) mass is 466 g/mol. The van der Waals surface area contributed by atoms with Crippen molar-refractivity contribution in [1.29, 1.82) is 0 Å². The van der Waals surface area contributed by atoms with Gasteiger partial charge in [0.25, 0.3) is 11.7 Å². The molecule has 1 atom stereocenters. The molecule has 2 amide bonds. The first kappa shape index (κ1) is 22.2. The van der Waals surface area contributed by atoms with Gasteiger partial charge in [0.1, 0.15) is 23.3 Å². The minimum Gasteiger partial charge on any atom is -0.507 e. The Morgan fingerprint density at radius 1 is 1.15 bits per heavy atom. The van der Waals surface area contributed by atoms with Crippen molar-refractivity contribution in [3.05, 3.63) is 82.8 Å². The molecule has 8 nitrogen and oxygen atoms in total. The van der Waals surface area contributed by atoms with E-state index in [4.69, 9.17) is 20.8 Å². The van der Waals surface area contributed by atoms with Gasteiger partial charge in [-0.15, -0.1) is 0 Å². The largest absolute Gasteiger partial charge is 0.507 e.